The summed E-state index contributed by atoms with van der Waals surface area (Å²) in [5.41, 5.74) is 7.32. The van der Waals surface area contributed by atoms with E-state index in [4.69, 9.17) is 10.6 Å². The second-order valence-corrected chi connectivity index (χ2v) is 8.37. The monoisotopic (exact) mass is 430 g/mol. The summed E-state index contributed by atoms with van der Waals surface area (Å²) in [6.07, 6.45) is 3.12. The third-order valence-corrected chi connectivity index (χ3v) is 5.93. The van der Waals surface area contributed by atoms with Crippen LogP contribution in [0.2, 0.25) is 0 Å². The number of rotatable bonds is 8. The van der Waals surface area contributed by atoms with Gasteiger partial charge in [-0.1, -0.05) is 66.2 Å². The fourth-order valence-electron chi connectivity index (χ4n) is 4.16. The maximum atomic E-state index is 11.2. The molecule has 1 aliphatic heterocycles. The van der Waals surface area contributed by atoms with Gasteiger partial charge in [-0.2, -0.15) is 5.90 Å². The van der Waals surface area contributed by atoms with Crippen LogP contribution in [0.4, 0.5) is 5.69 Å². The number of hydrogen-bond acceptors (Lipinski definition) is 5. The first-order chi connectivity index (χ1) is 15.6. The van der Waals surface area contributed by atoms with Crippen molar-refractivity contribution in [3.05, 3.63) is 94.5 Å². The molecule has 0 fully saturated rings. The van der Waals surface area contributed by atoms with Gasteiger partial charge in [0.1, 0.15) is 12.4 Å². The molecule has 0 radical (unpaired) electrons. The lowest BCUT2D eigenvalue weighted by molar-refractivity contribution is -0.144. The molecule has 3 aromatic carbocycles. The van der Waals surface area contributed by atoms with E-state index in [0.29, 0.717) is 13.0 Å². The molecule has 5 heteroatoms. The second kappa shape index (κ2) is 10.3. The van der Waals surface area contributed by atoms with Crippen LogP contribution in [0.5, 0.6) is 5.75 Å². The van der Waals surface area contributed by atoms with Crippen molar-refractivity contribution < 1.29 is 14.4 Å². The van der Waals surface area contributed by atoms with E-state index >= 15 is 0 Å². The SMILES string of the molecule is Cc1ccc(CN2CCCc3cccc(OCc4ccc(CCC(=O)ON)cc4)c32)cc1. The fourth-order valence-corrected chi connectivity index (χ4v) is 4.16. The molecule has 1 aliphatic rings. The first-order valence-electron chi connectivity index (χ1n) is 11.1. The topological polar surface area (TPSA) is 64.8 Å². The molecule has 2 N–H and O–H groups in total. The normalized spacial score (nSPS) is 12.9. The van der Waals surface area contributed by atoms with Gasteiger partial charge in [-0.15, -0.1) is 0 Å². The molecule has 0 unspecified atom stereocenters. The van der Waals surface area contributed by atoms with Crippen LogP contribution in [0.25, 0.3) is 0 Å². The van der Waals surface area contributed by atoms with Crippen molar-refractivity contribution in [3.63, 3.8) is 0 Å². The number of nitrogens with two attached hydrogens (primary N) is 1. The molecule has 0 saturated carbocycles. The van der Waals surface area contributed by atoms with Gasteiger partial charge < -0.3 is 14.5 Å². The predicted octanol–water partition coefficient (Wildman–Crippen LogP) is 4.88. The molecular weight excluding hydrogens is 400 g/mol. The largest absolute Gasteiger partial charge is 0.487 e. The van der Waals surface area contributed by atoms with E-state index in [-0.39, 0.29) is 6.42 Å². The Hall–Kier alpha value is -3.31. The third kappa shape index (κ3) is 5.48. The van der Waals surface area contributed by atoms with Crippen molar-refractivity contribution in [2.45, 2.75) is 45.8 Å². The van der Waals surface area contributed by atoms with E-state index in [9.17, 15) is 4.79 Å². The molecule has 0 saturated heterocycles. The molecule has 0 atom stereocenters. The van der Waals surface area contributed by atoms with E-state index < -0.39 is 5.97 Å². The molecule has 0 spiro atoms. The lowest BCUT2D eigenvalue weighted by Crippen LogP contribution is -2.29. The van der Waals surface area contributed by atoms with Gasteiger partial charge in [0.25, 0.3) is 0 Å². The average molecular weight is 431 g/mol. The summed E-state index contributed by atoms with van der Waals surface area (Å²) in [4.78, 5) is 17.9. The summed E-state index contributed by atoms with van der Waals surface area (Å²) in [5.74, 6) is 5.43. The Morgan fingerprint density at radius 3 is 2.44 bits per heavy atom. The summed E-state index contributed by atoms with van der Waals surface area (Å²) in [6, 6.07) is 23.3. The first kappa shape index (κ1) is 21.9. The smallest absolute Gasteiger partial charge is 0.324 e. The van der Waals surface area contributed by atoms with Crippen molar-refractivity contribution in [1.29, 1.82) is 0 Å². The Bertz CT molecular complexity index is 1050. The van der Waals surface area contributed by atoms with Crippen molar-refractivity contribution in [2.24, 2.45) is 5.90 Å². The van der Waals surface area contributed by atoms with Crippen LogP contribution in [-0.2, 0) is 35.6 Å². The molecule has 0 bridgehead atoms. The number of carbonyl (C=O) groups is 1. The molecule has 3 aromatic rings. The number of benzene rings is 3. The minimum absolute atomic E-state index is 0.277. The molecule has 166 valence electrons. The zero-order chi connectivity index (χ0) is 22.3. The van der Waals surface area contributed by atoms with Crippen molar-refractivity contribution in [1.82, 2.24) is 0 Å². The van der Waals surface area contributed by atoms with Gasteiger partial charge in [0.05, 0.1) is 12.1 Å². The Kier molecular flexibility index (Phi) is 7.07. The van der Waals surface area contributed by atoms with E-state index in [1.165, 1.54) is 22.4 Å². The number of aryl methyl sites for hydroxylation is 3. The quantitative estimate of drug-likeness (QED) is 0.516. The highest BCUT2D eigenvalue weighted by Gasteiger charge is 2.21. The summed E-state index contributed by atoms with van der Waals surface area (Å²) >= 11 is 0. The zero-order valence-electron chi connectivity index (χ0n) is 18.5. The predicted molar refractivity (Wildman–Crippen MR) is 126 cm³/mol. The maximum absolute atomic E-state index is 11.2. The molecule has 0 aromatic heterocycles. The van der Waals surface area contributed by atoms with Gasteiger partial charge in [-0.05, 0) is 54.5 Å². The Labute approximate surface area is 189 Å². The van der Waals surface area contributed by atoms with Crippen LogP contribution in [-0.4, -0.2) is 12.5 Å². The number of anilines is 1. The third-order valence-electron chi connectivity index (χ3n) is 5.93. The Morgan fingerprint density at radius 2 is 1.69 bits per heavy atom. The summed E-state index contributed by atoms with van der Waals surface area (Å²) in [7, 11) is 0. The molecule has 5 nitrogen and oxygen atoms in total. The van der Waals surface area contributed by atoms with E-state index in [1.807, 2.05) is 24.3 Å². The summed E-state index contributed by atoms with van der Waals surface area (Å²) in [5, 5.41) is 0. The number of hydrogen-bond donors (Lipinski definition) is 1. The number of carbonyl (C=O) groups excluding carboxylic acids is 1. The van der Waals surface area contributed by atoms with Gasteiger partial charge in [-0.3, -0.25) is 4.79 Å². The van der Waals surface area contributed by atoms with Crippen LogP contribution in [0, 0.1) is 6.92 Å². The lowest BCUT2D eigenvalue weighted by atomic mass is 10.00. The molecule has 0 amide bonds. The Morgan fingerprint density at radius 1 is 0.969 bits per heavy atom. The van der Waals surface area contributed by atoms with E-state index in [2.05, 4.69) is 59.1 Å². The molecule has 1 heterocycles. The number of nitrogens with zero attached hydrogens (tertiary/aromatic N) is 1. The fraction of sp³-hybridized carbons (Fsp3) is 0.296. The lowest BCUT2D eigenvalue weighted by Gasteiger charge is -2.33. The average Bonchev–Trinajstić information content (AvgIpc) is 2.83. The maximum Gasteiger partial charge on any atom is 0.324 e. The number of fused-ring (bicyclic) bond motifs is 1. The van der Waals surface area contributed by atoms with Crippen LogP contribution >= 0.6 is 0 Å². The summed E-state index contributed by atoms with van der Waals surface area (Å²) < 4.78 is 6.30. The second-order valence-electron chi connectivity index (χ2n) is 8.37. The van der Waals surface area contributed by atoms with Gasteiger partial charge >= 0.3 is 5.97 Å². The van der Waals surface area contributed by atoms with Crippen LogP contribution in [0.3, 0.4) is 0 Å². The van der Waals surface area contributed by atoms with Crippen LogP contribution in [0.15, 0.2) is 66.7 Å². The van der Waals surface area contributed by atoms with Crippen molar-refractivity contribution in [2.75, 3.05) is 11.4 Å². The molecule has 0 aliphatic carbocycles. The molecule has 32 heavy (non-hydrogen) atoms. The number of para-hydroxylation sites is 1. The first-order valence-corrected chi connectivity index (χ1v) is 11.1. The zero-order valence-corrected chi connectivity index (χ0v) is 18.5. The van der Waals surface area contributed by atoms with Crippen molar-refractivity contribution in [3.8, 4) is 5.75 Å². The van der Waals surface area contributed by atoms with Crippen LogP contribution in [0.1, 0.15) is 40.7 Å². The highest BCUT2D eigenvalue weighted by atomic mass is 16.7. The van der Waals surface area contributed by atoms with Gasteiger partial charge in [0, 0.05) is 13.1 Å². The summed E-state index contributed by atoms with van der Waals surface area (Å²) in [6.45, 7) is 4.53. The molecule has 4 rings (SSSR count). The van der Waals surface area contributed by atoms with Gasteiger partial charge in [0.15, 0.2) is 0 Å². The van der Waals surface area contributed by atoms with E-state index in [1.54, 1.807) is 0 Å². The minimum Gasteiger partial charge on any atom is -0.487 e. The minimum atomic E-state index is -0.401. The standard InChI is InChI=1S/C27H30N2O3/c1-20-7-9-22(10-8-20)18-29-17-3-5-24-4-2-6-25(27(24)29)31-19-23-13-11-21(12-14-23)15-16-26(30)32-28/h2,4,6-14H,3,5,15-19,28H2,1H3. The highest BCUT2D eigenvalue weighted by Crippen LogP contribution is 2.37. The van der Waals surface area contributed by atoms with Gasteiger partial charge in [-0.25, -0.2) is 0 Å². The molecular formula is C27H30N2O3. The van der Waals surface area contributed by atoms with Crippen LogP contribution < -0.4 is 15.5 Å². The van der Waals surface area contributed by atoms with E-state index in [0.717, 1.165) is 42.8 Å². The van der Waals surface area contributed by atoms with Gasteiger partial charge in [0.2, 0.25) is 0 Å². The number of ether oxygens (including phenoxy) is 1. The van der Waals surface area contributed by atoms with Crippen molar-refractivity contribution >= 4 is 11.7 Å². The Balaban J connectivity index is 1.44. The highest BCUT2D eigenvalue weighted by molar-refractivity contribution is 5.69.